The average molecular weight is 351 g/mol. The number of anilines is 4. The summed E-state index contributed by atoms with van der Waals surface area (Å²) in [6, 6.07) is 10.1. The molecule has 2 aromatic rings. The highest BCUT2D eigenvalue weighted by atomic mass is 35.5. The van der Waals surface area contributed by atoms with Gasteiger partial charge in [0.25, 0.3) is 0 Å². The highest BCUT2D eigenvalue weighted by Crippen LogP contribution is 2.36. The first-order chi connectivity index (χ1) is 11.0. The summed E-state index contributed by atoms with van der Waals surface area (Å²) < 4.78 is 0. The predicted molar refractivity (Wildman–Crippen MR) is 95.6 cm³/mol. The SMILES string of the molecule is Nc1ccc(NN(C(=O)C2CC2)c2ccc(N)cc2Cl)c(Cl)c1. The fraction of sp³-hybridized carbons (Fsp3) is 0.188. The molecule has 0 aliphatic heterocycles. The molecule has 0 heterocycles. The minimum atomic E-state index is -0.0513. The molecule has 0 unspecified atom stereocenters. The Bertz CT molecular complexity index is 762. The second-order valence-corrected chi connectivity index (χ2v) is 6.32. The van der Waals surface area contributed by atoms with Crippen molar-refractivity contribution in [3.05, 3.63) is 46.4 Å². The summed E-state index contributed by atoms with van der Waals surface area (Å²) in [5.41, 5.74) is 16.7. The van der Waals surface area contributed by atoms with E-state index in [9.17, 15) is 4.79 Å². The molecule has 7 heteroatoms. The van der Waals surface area contributed by atoms with Crippen molar-refractivity contribution < 1.29 is 4.79 Å². The van der Waals surface area contributed by atoms with Crippen LogP contribution in [0.1, 0.15) is 12.8 Å². The Kier molecular flexibility index (Phi) is 4.24. The molecule has 5 nitrogen and oxygen atoms in total. The van der Waals surface area contributed by atoms with Gasteiger partial charge in [-0.1, -0.05) is 23.2 Å². The van der Waals surface area contributed by atoms with Gasteiger partial charge in [-0.25, -0.2) is 5.01 Å². The van der Waals surface area contributed by atoms with E-state index in [4.69, 9.17) is 34.7 Å². The van der Waals surface area contributed by atoms with Gasteiger partial charge in [-0.3, -0.25) is 10.2 Å². The third kappa shape index (κ3) is 3.46. The van der Waals surface area contributed by atoms with E-state index >= 15 is 0 Å². The van der Waals surface area contributed by atoms with E-state index in [-0.39, 0.29) is 11.8 Å². The first-order valence-electron chi connectivity index (χ1n) is 7.16. The lowest BCUT2D eigenvalue weighted by Crippen LogP contribution is -2.37. The zero-order valence-electron chi connectivity index (χ0n) is 12.2. The highest BCUT2D eigenvalue weighted by Gasteiger charge is 2.35. The molecule has 5 N–H and O–H groups in total. The number of carbonyl (C=O) groups excluding carboxylic acids is 1. The standard InChI is InChI=1S/C16H16Cl2N4O/c17-12-7-10(19)3-5-14(12)21-22(16(23)9-1-2-9)15-6-4-11(20)8-13(15)18/h3-9,21H,1-2,19-20H2. The molecule has 1 saturated carbocycles. The van der Waals surface area contributed by atoms with Gasteiger partial charge < -0.3 is 11.5 Å². The normalized spacial score (nSPS) is 13.7. The molecule has 0 bridgehead atoms. The van der Waals surface area contributed by atoms with Gasteiger partial charge in [-0.15, -0.1) is 0 Å². The average Bonchev–Trinajstić information content (AvgIpc) is 3.31. The van der Waals surface area contributed by atoms with Crippen LogP contribution in [-0.2, 0) is 4.79 Å². The van der Waals surface area contributed by atoms with Crippen LogP contribution in [0, 0.1) is 5.92 Å². The summed E-state index contributed by atoms with van der Waals surface area (Å²) in [6.45, 7) is 0. The van der Waals surface area contributed by atoms with Crippen LogP contribution in [0.15, 0.2) is 36.4 Å². The monoisotopic (exact) mass is 350 g/mol. The van der Waals surface area contributed by atoms with Crippen molar-refractivity contribution >= 4 is 51.9 Å². The van der Waals surface area contributed by atoms with Crippen LogP contribution >= 0.6 is 23.2 Å². The van der Waals surface area contributed by atoms with Gasteiger partial charge in [0.15, 0.2) is 0 Å². The van der Waals surface area contributed by atoms with Gasteiger partial charge in [-0.05, 0) is 49.2 Å². The summed E-state index contributed by atoms with van der Waals surface area (Å²) >= 11 is 12.5. The second kappa shape index (κ2) is 6.18. The zero-order chi connectivity index (χ0) is 16.6. The van der Waals surface area contributed by atoms with Gasteiger partial charge in [0.05, 0.1) is 21.4 Å². The number of amides is 1. The predicted octanol–water partition coefficient (Wildman–Crippen LogP) is 3.93. The van der Waals surface area contributed by atoms with Crippen molar-refractivity contribution in [3.63, 3.8) is 0 Å². The minimum absolute atomic E-state index is 0.00340. The molecule has 3 rings (SSSR count). The van der Waals surface area contributed by atoms with Crippen LogP contribution in [0.4, 0.5) is 22.7 Å². The molecule has 1 aliphatic carbocycles. The van der Waals surface area contributed by atoms with Gasteiger partial charge in [-0.2, -0.15) is 0 Å². The molecule has 0 saturated heterocycles. The second-order valence-electron chi connectivity index (χ2n) is 5.51. The Morgan fingerprint density at radius 3 is 2.22 bits per heavy atom. The Labute approximate surface area is 144 Å². The molecule has 1 aliphatic rings. The Morgan fingerprint density at radius 2 is 1.65 bits per heavy atom. The van der Waals surface area contributed by atoms with Crippen molar-refractivity contribution in [2.75, 3.05) is 21.9 Å². The smallest absolute Gasteiger partial charge is 0.248 e. The van der Waals surface area contributed by atoms with Gasteiger partial charge in [0.2, 0.25) is 5.91 Å². The Hall–Kier alpha value is -2.11. The maximum Gasteiger partial charge on any atom is 0.248 e. The van der Waals surface area contributed by atoms with Crippen LogP contribution in [0.3, 0.4) is 0 Å². The minimum Gasteiger partial charge on any atom is -0.399 e. The van der Waals surface area contributed by atoms with E-state index in [0.29, 0.717) is 32.8 Å². The molecule has 0 radical (unpaired) electrons. The Morgan fingerprint density at radius 1 is 1.04 bits per heavy atom. The summed E-state index contributed by atoms with van der Waals surface area (Å²) in [4.78, 5) is 12.6. The van der Waals surface area contributed by atoms with Crippen LogP contribution in [0.2, 0.25) is 10.0 Å². The maximum absolute atomic E-state index is 12.6. The number of hydrogen-bond donors (Lipinski definition) is 3. The quantitative estimate of drug-likeness (QED) is 0.576. The Balaban J connectivity index is 1.96. The number of nitrogen functional groups attached to an aromatic ring is 2. The van der Waals surface area contributed by atoms with Crippen LogP contribution in [0.5, 0.6) is 0 Å². The molecule has 0 atom stereocenters. The number of rotatable bonds is 4. The van der Waals surface area contributed by atoms with E-state index < -0.39 is 0 Å². The molecule has 0 aromatic heterocycles. The summed E-state index contributed by atoms with van der Waals surface area (Å²) in [5.74, 6) is -0.0479. The number of benzene rings is 2. The fourth-order valence-corrected chi connectivity index (χ4v) is 2.70. The van der Waals surface area contributed by atoms with Gasteiger partial charge in [0.1, 0.15) is 0 Å². The third-order valence-electron chi connectivity index (χ3n) is 3.59. The lowest BCUT2D eigenvalue weighted by Gasteiger charge is -2.26. The summed E-state index contributed by atoms with van der Waals surface area (Å²) in [5, 5.41) is 2.24. The van der Waals surface area contributed by atoms with Crippen molar-refractivity contribution in [2.45, 2.75) is 12.8 Å². The first-order valence-corrected chi connectivity index (χ1v) is 7.92. The zero-order valence-corrected chi connectivity index (χ0v) is 13.7. The van der Waals surface area contributed by atoms with Crippen molar-refractivity contribution in [3.8, 4) is 0 Å². The van der Waals surface area contributed by atoms with E-state index in [1.54, 1.807) is 36.4 Å². The number of carbonyl (C=O) groups is 1. The van der Waals surface area contributed by atoms with E-state index in [1.807, 2.05) is 0 Å². The van der Waals surface area contributed by atoms with Crippen LogP contribution in [-0.4, -0.2) is 5.91 Å². The molecular weight excluding hydrogens is 335 g/mol. The summed E-state index contributed by atoms with van der Waals surface area (Å²) in [7, 11) is 0. The maximum atomic E-state index is 12.6. The molecule has 23 heavy (non-hydrogen) atoms. The number of nitrogens with one attached hydrogen (secondary N) is 1. The van der Waals surface area contributed by atoms with Crippen LogP contribution < -0.4 is 21.9 Å². The van der Waals surface area contributed by atoms with E-state index in [0.717, 1.165) is 12.8 Å². The lowest BCUT2D eigenvalue weighted by molar-refractivity contribution is -0.119. The van der Waals surface area contributed by atoms with Crippen LogP contribution in [0.25, 0.3) is 0 Å². The molecular formula is C16H16Cl2N4O. The fourth-order valence-electron chi connectivity index (χ4n) is 2.19. The van der Waals surface area contributed by atoms with Gasteiger partial charge >= 0.3 is 0 Å². The molecule has 120 valence electrons. The van der Waals surface area contributed by atoms with E-state index in [1.165, 1.54) is 5.01 Å². The first kappa shape index (κ1) is 15.8. The van der Waals surface area contributed by atoms with Gasteiger partial charge in [0, 0.05) is 17.3 Å². The summed E-state index contributed by atoms with van der Waals surface area (Å²) in [6.07, 6.45) is 1.75. The molecule has 2 aromatic carbocycles. The van der Waals surface area contributed by atoms with Crippen molar-refractivity contribution in [1.82, 2.24) is 0 Å². The molecule has 1 amide bonds. The van der Waals surface area contributed by atoms with E-state index in [2.05, 4.69) is 5.43 Å². The van der Waals surface area contributed by atoms with Crippen molar-refractivity contribution in [1.29, 1.82) is 0 Å². The molecule has 0 spiro atoms. The number of hydrazine groups is 1. The molecule has 1 fully saturated rings. The number of nitrogens with zero attached hydrogens (tertiary/aromatic N) is 1. The third-order valence-corrected chi connectivity index (χ3v) is 4.20. The lowest BCUT2D eigenvalue weighted by atomic mass is 10.2. The topological polar surface area (TPSA) is 84.4 Å². The number of halogens is 2. The number of nitrogens with two attached hydrogens (primary N) is 2. The number of hydrogen-bond acceptors (Lipinski definition) is 4. The highest BCUT2D eigenvalue weighted by molar-refractivity contribution is 6.35. The largest absolute Gasteiger partial charge is 0.399 e. The van der Waals surface area contributed by atoms with Crippen molar-refractivity contribution in [2.24, 2.45) is 5.92 Å².